The zero-order valence-electron chi connectivity index (χ0n) is 14.4. The molecular weight excluding hydrogens is 336 g/mol. The highest BCUT2D eigenvalue weighted by atomic mass is 16.5. The third-order valence-corrected chi connectivity index (χ3v) is 3.73. The van der Waals surface area contributed by atoms with Gasteiger partial charge in [-0.3, -0.25) is 4.79 Å². The van der Waals surface area contributed by atoms with Crippen molar-refractivity contribution in [2.75, 3.05) is 7.11 Å². The fourth-order valence-electron chi connectivity index (χ4n) is 2.37. The van der Waals surface area contributed by atoms with Gasteiger partial charge in [-0.1, -0.05) is 17.3 Å². The van der Waals surface area contributed by atoms with E-state index in [2.05, 4.69) is 10.1 Å². The van der Waals surface area contributed by atoms with Crippen molar-refractivity contribution in [2.45, 2.75) is 19.4 Å². The Morgan fingerprint density at radius 3 is 2.38 bits per heavy atom. The van der Waals surface area contributed by atoms with Crippen molar-refractivity contribution < 1.29 is 23.9 Å². The van der Waals surface area contributed by atoms with E-state index in [0.717, 1.165) is 11.3 Å². The second-order valence-corrected chi connectivity index (χ2v) is 5.66. The molecule has 0 saturated heterocycles. The summed E-state index contributed by atoms with van der Waals surface area (Å²) >= 11 is 0. The first kappa shape index (κ1) is 17.5. The van der Waals surface area contributed by atoms with E-state index < -0.39 is 12.1 Å². The summed E-state index contributed by atoms with van der Waals surface area (Å²) in [5.41, 5.74) is 1.52. The zero-order valence-corrected chi connectivity index (χ0v) is 14.4. The fourth-order valence-corrected chi connectivity index (χ4v) is 2.37. The van der Waals surface area contributed by atoms with Gasteiger partial charge in [-0.05, 0) is 48.9 Å². The molecule has 0 bridgehead atoms. The molecule has 7 nitrogen and oxygen atoms in total. The van der Waals surface area contributed by atoms with E-state index in [0.29, 0.717) is 23.0 Å². The summed E-state index contributed by atoms with van der Waals surface area (Å²) in [6.07, 6.45) is -0.468. The van der Waals surface area contributed by atoms with Crippen LogP contribution in [0.5, 0.6) is 11.5 Å². The number of aromatic nitrogens is 2. The van der Waals surface area contributed by atoms with Gasteiger partial charge in [0, 0.05) is 5.56 Å². The fraction of sp³-hybridized carbons (Fsp3) is 0.211. The smallest absolute Gasteiger partial charge is 0.307 e. The van der Waals surface area contributed by atoms with E-state index in [1.807, 2.05) is 24.3 Å². The van der Waals surface area contributed by atoms with Crippen molar-refractivity contribution >= 4 is 5.97 Å². The van der Waals surface area contributed by atoms with Gasteiger partial charge in [-0.15, -0.1) is 0 Å². The molecule has 0 fully saturated rings. The summed E-state index contributed by atoms with van der Waals surface area (Å²) < 4.78 is 16.2. The minimum atomic E-state index is -0.871. The molecule has 0 aliphatic heterocycles. The SMILES string of the molecule is COc1ccc(-c2noc([C@H](C)Oc3ccc(CC(=O)O)cc3)n2)cc1. The monoisotopic (exact) mass is 354 g/mol. The van der Waals surface area contributed by atoms with Crippen LogP contribution >= 0.6 is 0 Å². The van der Waals surface area contributed by atoms with E-state index in [1.165, 1.54) is 0 Å². The number of methoxy groups -OCH3 is 1. The topological polar surface area (TPSA) is 94.7 Å². The largest absolute Gasteiger partial charge is 0.497 e. The van der Waals surface area contributed by atoms with Crippen LogP contribution in [0, 0.1) is 0 Å². The van der Waals surface area contributed by atoms with Gasteiger partial charge in [-0.25, -0.2) is 0 Å². The summed E-state index contributed by atoms with van der Waals surface area (Å²) in [6.45, 7) is 1.80. The Hall–Kier alpha value is -3.35. The van der Waals surface area contributed by atoms with E-state index in [-0.39, 0.29) is 6.42 Å². The number of nitrogens with zero attached hydrogens (tertiary/aromatic N) is 2. The second kappa shape index (κ2) is 7.69. The molecular formula is C19H18N2O5. The van der Waals surface area contributed by atoms with E-state index in [4.69, 9.17) is 19.1 Å². The first-order valence-electron chi connectivity index (χ1n) is 8.00. The Balaban J connectivity index is 1.67. The normalized spacial score (nSPS) is 11.8. The average Bonchev–Trinajstić information content (AvgIpc) is 3.13. The summed E-state index contributed by atoms with van der Waals surface area (Å²) in [5, 5.41) is 12.8. The Kier molecular flexibility index (Phi) is 5.17. The van der Waals surface area contributed by atoms with E-state index in [9.17, 15) is 4.79 Å². The number of aliphatic carboxylic acids is 1. The molecule has 2 aromatic carbocycles. The van der Waals surface area contributed by atoms with Gasteiger partial charge in [0.1, 0.15) is 11.5 Å². The number of hydrogen-bond donors (Lipinski definition) is 1. The molecule has 26 heavy (non-hydrogen) atoms. The Morgan fingerprint density at radius 2 is 1.77 bits per heavy atom. The number of carboxylic acid groups (broad SMARTS) is 1. The Bertz CT molecular complexity index is 872. The quantitative estimate of drug-likeness (QED) is 0.693. The molecule has 0 aliphatic carbocycles. The third-order valence-electron chi connectivity index (χ3n) is 3.73. The van der Waals surface area contributed by atoms with Crippen LogP contribution in [-0.2, 0) is 11.2 Å². The zero-order chi connectivity index (χ0) is 18.5. The third kappa shape index (κ3) is 4.18. The Morgan fingerprint density at radius 1 is 1.12 bits per heavy atom. The minimum Gasteiger partial charge on any atom is -0.497 e. The van der Waals surface area contributed by atoms with Gasteiger partial charge >= 0.3 is 5.97 Å². The average molecular weight is 354 g/mol. The second-order valence-electron chi connectivity index (χ2n) is 5.66. The first-order valence-corrected chi connectivity index (χ1v) is 8.00. The van der Waals surface area contributed by atoms with Crippen molar-refractivity contribution in [3.63, 3.8) is 0 Å². The predicted molar refractivity (Wildman–Crippen MR) is 93.1 cm³/mol. The van der Waals surface area contributed by atoms with Crippen LogP contribution < -0.4 is 9.47 Å². The van der Waals surface area contributed by atoms with Gasteiger partial charge in [0.2, 0.25) is 5.82 Å². The number of ether oxygens (including phenoxy) is 2. The predicted octanol–water partition coefficient (Wildman–Crippen LogP) is 3.51. The molecule has 0 saturated carbocycles. The van der Waals surface area contributed by atoms with E-state index >= 15 is 0 Å². The molecule has 3 rings (SSSR count). The first-order chi connectivity index (χ1) is 12.5. The summed E-state index contributed by atoms with van der Waals surface area (Å²) in [6, 6.07) is 14.2. The molecule has 0 unspecified atom stereocenters. The number of benzene rings is 2. The molecule has 0 spiro atoms. The highest BCUT2D eigenvalue weighted by molar-refractivity contribution is 5.70. The van der Waals surface area contributed by atoms with Crippen LogP contribution in [0.25, 0.3) is 11.4 Å². The number of carboxylic acids is 1. The van der Waals surface area contributed by atoms with Gasteiger partial charge in [-0.2, -0.15) is 4.98 Å². The molecule has 0 amide bonds. The summed E-state index contributed by atoms with van der Waals surface area (Å²) in [7, 11) is 1.61. The number of hydrogen-bond acceptors (Lipinski definition) is 6. The number of carbonyl (C=O) groups is 1. The lowest BCUT2D eigenvalue weighted by atomic mass is 10.1. The lowest BCUT2D eigenvalue weighted by Crippen LogP contribution is -2.04. The summed E-state index contributed by atoms with van der Waals surface area (Å²) in [4.78, 5) is 15.1. The minimum absolute atomic E-state index is 0.0231. The van der Waals surface area contributed by atoms with Crippen molar-refractivity contribution in [3.05, 3.63) is 60.0 Å². The van der Waals surface area contributed by atoms with Crippen LogP contribution in [0.4, 0.5) is 0 Å². The van der Waals surface area contributed by atoms with Crippen molar-refractivity contribution in [2.24, 2.45) is 0 Å². The van der Waals surface area contributed by atoms with Gasteiger partial charge < -0.3 is 19.1 Å². The van der Waals surface area contributed by atoms with Gasteiger partial charge in [0.05, 0.1) is 13.5 Å². The molecule has 134 valence electrons. The van der Waals surface area contributed by atoms with Crippen molar-refractivity contribution in [1.82, 2.24) is 10.1 Å². The molecule has 7 heteroatoms. The lowest BCUT2D eigenvalue weighted by Gasteiger charge is -2.10. The maximum absolute atomic E-state index is 10.7. The van der Waals surface area contributed by atoms with Crippen LogP contribution in [0.15, 0.2) is 53.1 Å². The van der Waals surface area contributed by atoms with Crippen LogP contribution in [0.3, 0.4) is 0 Å². The molecule has 1 N–H and O–H groups in total. The molecule has 1 atom stereocenters. The lowest BCUT2D eigenvalue weighted by molar-refractivity contribution is -0.136. The standard InChI is InChI=1S/C19H18N2O5/c1-12(25-16-7-3-13(4-8-16)11-17(22)23)19-20-18(21-26-19)14-5-9-15(24-2)10-6-14/h3-10,12H,11H2,1-2H3,(H,22,23)/t12-/m0/s1. The maximum atomic E-state index is 10.7. The van der Waals surface area contributed by atoms with Crippen molar-refractivity contribution in [1.29, 1.82) is 0 Å². The molecule has 0 radical (unpaired) electrons. The molecule has 3 aromatic rings. The van der Waals surface area contributed by atoms with Crippen LogP contribution in [0.2, 0.25) is 0 Å². The molecule has 0 aliphatic rings. The van der Waals surface area contributed by atoms with Crippen LogP contribution in [0.1, 0.15) is 24.5 Å². The van der Waals surface area contributed by atoms with Gasteiger partial charge in [0.25, 0.3) is 5.89 Å². The van der Waals surface area contributed by atoms with Gasteiger partial charge in [0.15, 0.2) is 6.10 Å². The highest BCUT2D eigenvalue weighted by Crippen LogP contribution is 2.24. The van der Waals surface area contributed by atoms with Crippen molar-refractivity contribution in [3.8, 4) is 22.9 Å². The summed E-state index contributed by atoms with van der Waals surface area (Å²) in [5.74, 6) is 1.29. The highest BCUT2D eigenvalue weighted by Gasteiger charge is 2.17. The molecule has 1 aromatic heterocycles. The van der Waals surface area contributed by atoms with E-state index in [1.54, 1.807) is 38.3 Å². The number of rotatable bonds is 7. The molecule has 1 heterocycles. The Labute approximate surface area is 150 Å². The maximum Gasteiger partial charge on any atom is 0.307 e. The van der Waals surface area contributed by atoms with Crippen LogP contribution in [-0.4, -0.2) is 28.3 Å².